The average Bonchev–Trinajstić information content (AvgIpc) is 2.73. The minimum atomic E-state index is -4.57. The highest BCUT2D eigenvalue weighted by atomic mass is 19.4. The van der Waals surface area contributed by atoms with Crippen molar-refractivity contribution in [2.24, 2.45) is 0 Å². The lowest BCUT2D eigenvalue weighted by Gasteiger charge is -2.17. The Bertz CT molecular complexity index is 1070. The topological polar surface area (TPSA) is 79.5 Å². The van der Waals surface area contributed by atoms with Crippen LogP contribution in [0.1, 0.15) is 22.8 Å². The van der Waals surface area contributed by atoms with Crippen LogP contribution in [0, 0.1) is 11.3 Å². The summed E-state index contributed by atoms with van der Waals surface area (Å²) < 4.78 is 49.5. The molecular weight excluding hydrogens is 399 g/mol. The Morgan fingerprint density at radius 1 is 0.933 bits per heavy atom. The predicted molar refractivity (Wildman–Crippen MR) is 100 cm³/mol. The van der Waals surface area contributed by atoms with E-state index in [0.717, 1.165) is 18.2 Å². The number of aliphatic carboxylic acids is 1. The molecule has 0 saturated carbocycles. The van der Waals surface area contributed by atoms with Gasteiger partial charge in [0.1, 0.15) is 17.2 Å². The zero-order valence-corrected chi connectivity index (χ0v) is 15.3. The van der Waals surface area contributed by atoms with Gasteiger partial charge in [-0.3, -0.25) is 0 Å². The van der Waals surface area contributed by atoms with Gasteiger partial charge in [-0.15, -0.1) is 0 Å². The molecule has 0 amide bonds. The molecule has 0 radical (unpaired) electrons. The second-order valence-electron chi connectivity index (χ2n) is 6.17. The van der Waals surface area contributed by atoms with Crippen LogP contribution in [0.3, 0.4) is 0 Å². The molecule has 30 heavy (non-hydrogen) atoms. The molecule has 152 valence electrons. The van der Waals surface area contributed by atoms with Crippen LogP contribution in [0.25, 0.3) is 0 Å². The number of hydrogen-bond acceptors (Lipinski definition) is 4. The molecule has 1 unspecified atom stereocenters. The summed E-state index contributed by atoms with van der Waals surface area (Å²) in [6.07, 6.45) is -6.07. The van der Waals surface area contributed by atoms with Crippen molar-refractivity contribution in [3.63, 3.8) is 0 Å². The number of carboxylic acid groups (broad SMARTS) is 1. The lowest BCUT2D eigenvalue weighted by atomic mass is 10.1. The van der Waals surface area contributed by atoms with Crippen molar-refractivity contribution in [2.45, 2.75) is 12.3 Å². The molecule has 0 aliphatic carbocycles. The summed E-state index contributed by atoms with van der Waals surface area (Å²) in [5.74, 6) is -0.674. The summed E-state index contributed by atoms with van der Waals surface area (Å²) in [5.41, 5.74) is -0.226. The molecule has 1 atom stereocenters. The van der Waals surface area contributed by atoms with Crippen LogP contribution in [0.2, 0.25) is 0 Å². The van der Waals surface area contributed by atoms with E-state index in [9.17, 15) is 23.1 Å². The second-order valence-corrected chi connectivity index (χ2v) is 6.17. The molecule has 0 aliphatic heterocycles. The molecule has 0 fully saturated rings. The van der Waals surface area contributed by atoms with Gasteiger partial charge in [0.25, 0.3) is 0 Å². The maximum absolute atomic E-state index is 12.9. The molecule has 5 nitrogen and oxygen atoms in total. The molecule has 0 aromatic heterocycles. The minimum Gasteiger partial charge on any atom is -0.478 e. The van der Waals surface area contributed by atoms with E-state index in [1.807, 2.05) is 6.07 Å². The van der Waals surface area contributed by atoms with E-state index in [0.29, 0.717) is 17.1 Å². The molecule has 1 N–H and O–H groups in total. The van der Waals surface area contributed by atoms with Crippen molar-refractivity contribution in [1.29, 1.82) is 5.26 Å². The SMILES string of the molecule is N#Cc1ccc(Oc2ccc(C(Oc3cccc(C(F)(F)F)c3)C(=O)O)cc2)cc1. The van der Waals surface area contributed by atoms with Gasteiger partial charge in [0.05, 0.1) is 17.2 Å². The zero-order chi connectivity index (χ0) is 21.7. The maximum atomic E-state index is 12.9. The Morgan fingerprint density at radius 3 is 2.07 bits per heavy atom. The average molecular weight is 413 g/mol. The van der Waals surface area contributed by atoms with Crippen LogP contribution < -0.4 is 9.47 Å². The Labute approximate surface area is 169 Å². The van der Waals surface area contributed by atoms with Crippen LogP contribution >= 0.6 is 0 Å². The third kappa shape index (κ3) is 5.08. The van der Waals surface area contributed by atoms with Crippen LogP contribution in [0.5, 0.6) is 17.2 Å². The van der Waals surface area contributed by atoms with Gasteiger partial charge in [-0.2, -0.15) is 18.4 Å². The maximum Gasteiger partial charge on any atom is 0.416 e. The quantitative estimate of drug-likeness (QED) is 0.571. The first kappa shape index (κ1) is 20.7. The Kier molecular flexibility index (Phi) is 5.93. The first-order valence-electron chi connectivity index (χ1n) is 8.61. The normalized spacial score (nSPS) is 11.9. The number of halogens is 3. The standard InChI is InChI=1S/C22H14F3NO4/c23-22(24,25)16-2-1-3-19(12-16)30-20(21(27)28)15-6-10-18(11-7-15)29-17-8-4-14(13-26)5-9-17/h1-12,20H,(H,27,28). The van der Waals surface area contributed by atoms with E-state index < -0.39 is 23.8 Å². The Hall–Kier alpha value is -3.99. The number of ether oxygens (including phenoxy) is 2. The number of hydrogen-bond donors (Lipinski definition) is 1. The van der Waals surface area contributed by atoms with Gasteiger partial charge in [0.2, 0.25) is 6.10 Å². The third-order valence-corrected chi connectivity index (χ3v) is 4.04. The van der Waals surface area contributed by atoms with E-state index in [1.54, 1.807) is 24.3 Å². The van der Waals surface area contributed by atoms with Gasteiger partial charge in [-0.1, -0.05) is 18.2 Å². The fourth-order valence-electron chi connectivity index (χ4n) is 2.59. The van der Waals surface area contributed by atoms with Crippen LogP contribution in [0.4, 0.5) is 13.2 Å². The second kappa shape index (κ2) is 8.57. The number of nitrogens with zero attached hydrogens (tertiary/aromatic N) is 1. The third-order valence-electron chi connectivity index (χ3n) is 4.04. The fraction of sp³-hybridized carbons (Fsp3) is 0.0909. The number of alkyl halides is 3. The number of carbonyl (C=O) groups is 1. The van der Waals surface area contributed by atoms with Crippen molar-refractivity contribution in [3.05, 3.63) is 89.5 Å². The first-order valence-corrected chi connectivity index (χ1v) is 8.61. The summed E-state index contributed by atoms with van der Waals surface area (Å²) >= 11 is 0. The summed E-state index contributed by atoms with van der Waals surface area (Å²) in [6, 6.07) is 18.4. The highest BCUT2D eigenvalue weighted by Gasteiger charge is 2.31. The fourth-order valence-corrected chi connectivity index (χ4v) is 2.59. The van der Waals surface area contributed by atoms with Gasteiger partial charge in [0.15, 0.2) is 0 Å². The highest BCUT2D eigenvalue weighted by Crippen LogP contribution is 2.33. The van der Waals surface area contributed by atoms with Gasteiger partial charge in [-0.25, -0.2) is 4.79 Å². The van der Waals surface area contributed by atoms with Crippen LogP contribution in [-0.2, 0) is 11.0 Å². The molecule has 0 spiro atoms. The zero-order valence-electron chi connectivity index (χ0n) is 15.3. The van der Waals surface area contributed by atoms with Gasteiger partial charge in [0, 0.05) is 5.56 Å². The smallest absolute Gasteiger partial charge is 0.416 e. The van der Waals surface area contributed by atoms with E-state index in [2.05, 4.69) is 0 Å². The molecule has 0 bridgehead atoms. The minimum absolute atomic E-state index is 0.213. The van der Waals surface area contributed by atoms with Crippen molar-refractivity contribution in [1.82, 2.24) is 0 Å². The summed E-state index contributed by atoms with van der Waals surface area (Å²) in [4.78, 5) is 11.6. The van der Waals surface area contributed by atoms with Gasteiger partial charge < -0.3 is 14.6 Å². The predicted octanol–water partition coefficient (Wildman–Crippen LogP) is 5.57. The van der Waals surface area contributed by atoms with Crippen LogP contribution in [-0.4, -0.2) is 11.1 Å². The van der Waals surface area contributed by atoms with Crippen molar-refractivity contribution in [2.75, 3.05) is 0 Å². The molecule has 0 aliphatic rings. The van der Waals surface area contributed by atoms with E-state index >= 15 is 0 Å². The first-order chi connectivity index (χ1) is 14.3. The monoisotopic (exact) mass is 413 g/mol. The molecule has 0 heterocycles. The number of rotatable bonds is 6. The molecule has 0 saturated heterocycles. The van der Waals surface area contributed by atoms with E-state index in [4.69, 9.17) is 14.7 Å². The summed E-state index contributed by atoms with van der Waals surface area (Å²) in [5, 5.41) is 18.3. The molecular formula is C22H14F3NO4. The number of nitriles is 1. The van der Waals surface area contributed by atoms with Crippen molar-refractivity contribution >= 4 is 5.97 Å². The molecule has 3 rings (SSSR count). The highest BCUT2D eigenvalue weighted by molar-refractivity contribution is 5.75. The summed E-state index contributed by atoms with van der Waals surface area (Å²) in [7, 11) is 0. The number of carboxylic acids is 1. The Morgan fingerprint density at radius 2 is 1.53 bits per heavy atom. The van der Waals surface area contributed by atoms with E-state index in [1.165, 1.54) is 30.3 Å². The van der Waals surface area contributed by atoms with Crippen LogP contribution in [0.15, 0.2) is 72.8 Å². The molecule has 3 aromatic rings. The largest absolute Gasteiger partial charge is 0.478 e. The number of benzene rings is 3. The van der Waals surface area contributed by atoms with Gasteiger partial charge >= 0.3 is 12.1 Å². The summed E-state index contributed by atoms with van der Waals surface area (Å²) in [6.45, 7) is 0. The van der Waals surface area contributed by atoms with Crippen molar-refractivity contribution < 1.29 is 32.5 Å². The van der Waals surface area contributed by atoms with Gasteiger partial charge in [-0.05, 0) is 54.6 Å². The lowest BCUT2D eigenvalue weighted by Crippen LogP contribution is -2.18. The lowest BCUT2D eigenvalue weighted by molar-refractivity contribution is -0.145. The van der Waals surface area contributed by atoms with Crippen molar-refractivity contribution in [3.8, 4) is 23.3 Å². The Balaban J connectivity index is 1.76. The molecule has 8 heteroatoms. The van der Waals surface area contributed by atoms with E-state index in [-0.39, 0.29) is 11.3 Å². The molecule has 3 aromatic carbocycles.